The molecule has 0 aliphatic rings. The molecule has 0 spiro atoms. The molecule has 0 aliphatic carbocycles. The van der Waals surface area contributed by atoms with Crippen LogP contribution in [0.2, 0.25) is 0 Å². The van der Waals surface area contributed by atoms with Gasteiger partial charge in [0.1, 0.15) is 0 Å². The van der Waals surface area contributed by atoms with Gasteiger partial charge in [0.05, 0.1) is 10.6 Å². The Morgan fingerprint density at radius 1 is 1.47 bits per heavy atom. The van der Waals surface area contributed by atoms with Gasteiger partial charge in [0.15, 0.2) is 10.9 Å². The number of rotatable bonds is 5. The normalized spacial score (nSPS) is 10.4. The molecule has 0 atom stereocenters. The molecule has 0 fully saturated rings. The van der Waals surface area contributed by atoms with Crippen LogP contribution in [0.3, 0.4) is 0 Å². The van der Waals surface area contributed by atoms with Gasteiger partial charge in [0.2, 0.25) is 5.91 Å². The standard InChI is InChI=1S/C11H16N2O3S/c1-7-10(8(2)15)17-11(12-7)13(3)9(16)5-4-6-14/h14H,4-6H2,1-3H3. The number of carbonyl (C=O) groups excluding carboxylic acids is 2. The third-order valence-electron chi connectivity index (χ3n) is 2.31. The first-order valence-electron chi connectivity index (χ1n) is 5.33. The van der Waals surface area contributed by atoms with Gasteiger partial charge in [-0.25, -0.2) is 4.98 Å². The van der Waals surface area contributed by atoms with Gasteiger partial charge < -0.3 is 5.11 Å². The molecular weight excluding hydrogens is 240 g/mol. The molecule has 5 nitrogen and oxygen atoms in total. The van der Waals surface area contributed by atoms with Crippen molar-refractivity contribution < 1.29 is 14.7 Å². The van der Waals surface area contributed by atoms with Crippen LogP contribution in [0.1, 0.15) is 35.1 Å². The lowest BCUT2D eigenvalue weighted by Crippen LogP contribution is -2.25. The van der Waals surface area contributed by atoms with Gasteiger partial charge in [-0.1, -0.05) is 11.3 Å². The van der Waals surface area contributed by atoms with E-state index in [0.717, 1.165) is 0 Å². The Kier molecular flexibility index (Phi) is 4.77. The Morgan fingerprint density at radius 3 is 2.59 bits per heavy atom. The second-order valence-electron chi connectivity index (χ2n) is 3.75. The first-order chi connectivity index (χ1) is 7.97. The van der Waals surface area contributed by atoms with Crippen molar-refractivity contribution in [1.29, 1.82) is 0 Å². The fourth-order valence-corrected chi connectivity index (χ4v) is 2.30. The van der Waals surface area contributed by atoms with Crippen molar-refractivity contribution in [2.24, 2.45) is 0 Å². The maximum absolute atomic E-state index is 11.7. The summed E-state index contributed by atoms with van der Waals surface area (Å²) in [4.78, 5) is 29.2. The number of thiazole rings is 1. The fourth-order valence-electron chi connectivity index (χ4n) is 1.36. The lowest BCUT2D eigenvalue weighted by Gasteiger charge is -2.12. The smallest absolute Gasteiger partial charge is 0.228 e. The summed E-state index contributed by atoms with van der Waals surface area (Å²) in [7, 11) is 1.63. The zero-order valence-electron chi connectivity index (χ0n) is 10.2. The van der Waals surface area contributed by atoms with E-state index in [4.69, 9.17) is 5.11 Å². The van der Waals surface area contributed by atoms with E-state index < -0.39 is 0 Å². The minimum absolute atomic E-state index is 0.00479. The molecule has 0 saturated heterocycles. The second-order valence-corrected chi connectivity index (χ2v) is 4.72. The topological polar surface area (TPSA) is 70.5 Å². The maximum atomic E-state index is 11.7. The Bertz CT molecular complexity index is 428. The molecule has 0 saturated carbocycles. The molecule has 1 N–H and O–H groups in total. The summed E-state index contributed by atoms with van der Waals surface area (Å²) >= 11 is 1.22. The Hall–Kier alpha value is -1.27. The molecule has 1 aromatic heterocycles. The summed E-state index contributed by atoms with van der Waals surface area (Å²) in [5, 5.41) is 9.18. The average Bonchev–Trinajstić information content (AvgIpc) is 2.67. The molecule has 17 heavy (non-hydrogen) atoms. The van der Waals surface area contributed by atoms with Crippen LogP contribution in [0.15, 0.2) is 0 Å². The number of anilines is 1. The summed E-state index contributed by atoms with van der Waals surface area (Å²) in [5.74, 6) is -0.148. The molecule has 1 rings (SSSR count). The van der Waals surface area contributed by atoms with Gasteiger partial charge in [0.25, 0.3) is 0 Å². The zero-order chi connectivity index (χ0) is 13.0. The van der Waals surface area contributed by atoms with Crippen LogP contribution in [0, 0.1) is 6.92 Å². The number of hydrogen-bond acceptors (Lipinski definition) is 5. The fraction of sp³-hybridized carbons (Fsp3) is 0.545. The van der Waals surface area contributed by atoms with Crippen LogP contribution in [0.25, 0.3) is 0 Å². The van der Waals surface area contributed by atoms with Crippen LogP contribution in [0.5, 0.6) is 0 Å². The highest BCUT2D eigenvalue weighted by molar-refractivity contribution is 7.17. The monoisotopic (exact) mass is 256 g/mol. The molecule has 0 aliphatic heterocycles. The van der Waals surface area contributed by atoms with Crippen LogP contribution >= 0.6 is 11.3 Å². The number of nitrogens with zero attached hydrogens (tertiary/aromatic N) is 2. The highest BCUT2D eigenvalue weighted by Gasteiger charge is 2.18. The van der Waals surface area contributed by atoms with E-state index in [-0.39, 0.29) is 24.7 Å². The van der Waals surface area contributed by atoms with E-state index in [0.29, 0.717) is 22.1 Å². The van der Waals surface area contributed by atoms with Crippen LogP contribution < -0.4 is 4.90 Å². The van der Waals surface area contributed by atoms with Gasteiger partial charge in [-0.05, 0) is 13.3 Å². The first kappa shape index (κ1) is 13.8. The number of carbonyl (C=O) groups is 2. The number of ketones is 1. The summed E-state index contributed by atoms with van der Waals surface area (Å²) in [6.45, 7) is 3.23. The van der Waals surface area contributed by atoms with Gasteiger partial charge in [-0.2, -0.15) is 0 Å². The average molecular weight is 256 g/mol. The SMILES string of the molecule is CC(=O)c1sc(N(C)C(=O)CCCO)nc1C. The number of aliphatic hydroxyl groups excluding tert-OH is 1. The summed E-state index contributed by atoms with van der Waals surface area (Å²) < 4.78 is 0. The predicted molar refractivity (Wildman–Crippen MR) is 66.6 cm³/mol. The molecule has 1 aromatic rings. The molecule has 0 radical (unpaired) electrons. The van der Waals surface area contributed by atoms with Crippen LogP contribution in [-0.4, -0.2) is 35.4 Å². The van der Waals surface area contributed by atoms with Crippen molar-refractivity contribution in [3.63, 3.8) is 0 Å². The Morgan fingerprint density at radius 2 is 2.12 bits per heavy atom. The molecule has 6 heteroatoms. The number of hydrogen-bond donors (Lipinski definition) is 1. The Balaban J connectivity index is 2.82. The lowest BCUT2D eigenvalue weighted by molar-refractivity contribution is -0.118. The van der Waals surface area contributed by atoms with Crippen molar-refractivity contribution in [3.05, 3.63) is 10.6 Å². The minimum Gasteiger partial charge on any atom is -0.396 e. The molecule has 94 valence electrons. The first-order valence-corrected chi connectivity index (χ1v) is 6.14. The van der Waals surface area contributed by atoms with Crippen LogP contribution in [0.4, 0.5) is 5.13 Å². The van der Waals surface area contributed by atoms with E-state index in [1.165, 1.54) is 23.2 Å². The van der Waals surface area contributed by atoms with Crippen molar-refractivity contribution in [2.75, 3.05) is 18.6 Å². The van der Waals surface area contributed by atoms with E-state index in [1.807, 2.05) is 0 Å². The highest BCUT2D eigenvalue weighted by atomic mass is 32.1. The van der Waals surface area contributed by atoms with Crippen molar-refractivity contribution >= 4 is 28.2 Å². The van der Waals surface area contributed by atoms with Gasteiger partial charge in [0, 0.05) is 27.0 Å². The third-order valence-corrected chi connectivity index (χ3v) is 3.65. The number of Topliss-reactive ketones (excluding diaryl/α,β-unsaturated/α-hetero) is 1. The number of amides is 1. The van der Waals surface area contributed by atoms with Crippen molar-refractivity contribution in [2.45, 2.75) is 26.7 Å². The lowest BCUT2D eigenvalue weighted by atomic mass is 10.3. The molecule has 0 bridgehead atoms. The quantitative estimate of drug-likeness (QED) is 0.808. The van der Waals surface area contributed by atoms with Crippen molar-refractivity contribution in [3.8, 4) is 0 Å². The molecule has 0 unspecified atom stereocenters. The zero-order valence-corrected chi connectivity index (χ0v) is 11.0. The van der Waals surface area contributed by atoms with E-state index in [2.05, 4.69) is 4.98 Å². The van der Waals surface area contributed by atoms with Gasteiger partial charge >= 0.3 is 0 Å². The highest BCUT2D eigenvalue weighted by Crippen LogP contribution is 2.26. The number of aliphatic hydroxyl groups is 1. The molecular formula is C11H16N2O3S. The number of aromatic nitrogens is 1. The maximum Gasteiger partial charge on any atom is 0.228 e. The van der Waals surface area contributed by atoms with Crippen molar-refractivity contribution in [1.82, 2.24) is 4.98 Å². The van der Waals surface area contributed by atoms with Gasteiger partial charge in [-0.3, -0.25) is 14.5 Å². The Labute approximate surface area is 104 Å². The summed E-state index contributed by atoms with van der Waals surface area (Å²) in [6.07, 6.45) is 0.716. The molecule has 0 aromatic carbocycles. The van der Waals surface area contributed by atoms with E-state index in [1.54, 1.807) is 14.0 Å². The summed E-state index contributed by atoms with van der Waals surface area (Å²) in [6, 6.07) is 0. The predicted octanol–water partition coefficient (Wildman–Crippen LogP) is 1.39. The van der Waals surface area contributed by atoms with E-state index in [9.17, 15) is 9.59 Å². The van der Waals surface area contributed by atoms with E-state index >= 15 is 0 Å². The minimum atomic E-state index is -0.108. The van der Waals surface area contributed by atoms with Gasteiger partial charge in [-0.15, -0.1) is 0 Å². The molecule has 1 heterocycles. The molecule has 1 amide bonds. The number of aryl methyl sites for hydroxylation is 1. The summed E-state index contributed by atoms with van der Waals surface area (Å²) in [5.41, 5.74) is 0.652. The largest absolute Gasteiger partial charge is 0.396 e. The second kappa shape index (κ2) is 5.88. The van der Waals surface area contributed by atoms with Crippen LogP contribution in [-0.2, 0) is 4.79 Å². The third kappa shape index (κ3) is 3.34.